The molecule has 12 atom stereocenters. The van der Waals surface area contributed by atoms with Crippen molar-refractivity contribution in [1.82, 2.24) is 5.32 Å². The van der Waals surface area contributed by atoms with Gasteiger partial charge >= 0.3 is 0 Å². The van der Waals surface area contributed by atoms with Gasteiger partial charge in [0.05, 0.1) is 32.0 Å². The van der Waals surface area contributed by atoms with Crippen molar-refractivity contribution >= 4 is 5.91 Å². The van der Waals surface area contributed by atoms with E-state index in [0.717, 1.165) is 51.4 Å². The van der Waals surface area contributed by atoms with Gasteiger partial charge in [0, 0.05) is 6.42 Å². The lowest BCUT2D eigenvalue weighted by atomic mass is 9.97. The first-order valence-corrected chi connectivity index (χ1v) is 37.8. The van der Waals surface area contributed by atoms with E-state index in [1.165, 1.54) is 289 Å². The van der Waals surface area contributed by atoms with Gasteiger partial charge in [0.25, 0.3) is 0 Å². The largest absolute Gasteiger partial charge is 0.394 e. The topological polar surface area (TPSA) is 228 Å². The van der Waals surface area contributed by atoms with Crippen LogP contribution >= 0.6 is 0 Å². The molecule has 0 saturated carbocycles. The Morgan fingerprint density at radius 2 is 0.655 bits per heavy atom. The van der Waals surface area contributed by atoms with Gasteiger partial charge in [-0.1, -0.05) is 348 Å². The molecule has 0 spiro atoms. The number of ether oxygens (including phenoxy) is 4. The fraction of sp³-hybridized carbons (Fsp3) is 0.986. The van der Waals surface area contributed by atoms with Gasteiger partial charge in [0.2, 0.25) is 5.91 Å². The first-order valence-electron chi connectivity index (χ1n) is 37.8. The van der Waals surface area contributed by atoms with Gasteiger partial charge in [0.1, 0.15) is 48.8 Å². The van der Waals surface area contributed by atoms with E-state index >= 15 is 0 Å². The summed E-state index contributed by atoms with van der Waals surface area (Å²) in [5.74, 6) is -0.196. The molecule has 9 N–H and O–H groups in total. The van der Waals surface area contributed by atoms with Crippen molar-refractivity contribution in [2.75, 3.05) is 19.8 Å². The quantitative estimate of drug-likeness (QED) is 0.0259. The highest BCUT2D eigenvalue weighted by molar-refractivity contribution is 5.76. The molecule has 2 rings (SSSR count). The fourth-order valence-corrected chi connectivity index (χ4v) is 13.1. The second-order valence-electron chi connectivity index (χ2n) is 27.1. The van der Waals surface area contributed by atoms with E-state index in [4.69, 9.17) is 18.9 Å². The van der Waals surface area contributed by atoms with E-state index in [2.05, 4.69) is 19.2 Å². The van der Waals surface area contributed by atoms with Gasteiger partial charge in [0.15, 0.2) is 12.6 Å². The van der Waals surface area contributed by atoms with Crippen LogP contribution in [0.5, 0.6) is 0 Å². The van der Waals surface area contributed by atoms with Gasteiger partial charge in [-0.05, 0) is 12.8 Å². The molecule has 2 aliphatic rings. The van der Waals surface area contributed by atoms with Crippen molar-refractivity contribution in [2.45, 2.75) is 441 Å². The Morgan fingerprint density at radius 3 is 0.977 bits per heavy atom. The average Bonchev–Trinajstić information content (AvgIpc) is 1.64. The molecule has 0 radical (unpaired) electrons. The van der Waals surface area contributed by atoms with Crippen LogP contribution < -0.4 is 5.32 Å². The van der Waals surface area contributed by atoms with Crippen molar-refractivity contribution < 1.29 is 64.6 Å². The Balaban J connectivity index is 1.62. The summed E-state index contributed by atoms with van der Waals surface area (Å²) in [5, 5.41) is 87.7. The molecule has 14 nitrogen and oxygen atoms in total. The van der Waals surface area contributed by atoms with Crippen LogP contribution in [0.2, 0.25) is 0 Å². The van der Waals surface area contributed by atoms with Crippen molar-refractivity contribution in [1.29, 1.82) is 0 Å². The number of hydrogen-bond donors (Lipinski definition) is 9. The van der Waals surface area contributed by atoms with Crippen LogP contribution in [0.3, 0.4) is 0 Å². The number of carbonyl (C=O) groups is 1. The number of rotatable bonds is 64. The molecule has 0 aromatic carbocycles. The third-order valence-corrected chi connectivity index (χ3v) is 19.1. The van der Waals surface area contributed by atoms with Gasteiger partial charge in [-0.25, -0.2) is 0 Å². The number of carbonyl (C=O) groups excluding carboxylic acids is 1. The Labute approximate surface area is 534 Å². The molecule has 87 heavy (non-hydrogen) atoms. The van der Waals surface area contributed by atoms with Crippen molar-refractivity contribution in [3.8, 4) is 0 Å². The summed E-state index contributed by atoms with van der Waals surface area (Å²) in [6, 6.07) is -0.825. The molecule has 2 aliphatic heterocycles. The Bertz CT molecular complexity index is 1460. The zero-order valence-electron chi connectivity index (χ0n) is 56.6. The molecule has 0 bridgehead atoms. The number of aliphatic hydroxyl groups is 8. The molecule has 0 aromatic rings. The second kappa shape index (κ2) is 58.8. The van der Waals surface area contributed by atoms with Crippen LogP contribution in [0.15, 0.2) is 0 Å². The molecule has 0 aromatic heterocycles. The maximum atomic E-state index is 13.4. The highest BCUT2D eigenvalue weighted by Gasteiger charge is 2.51. The summed E-state index contributed by atoms with van der Waals surface area (Å²) >= 11 is 0. The Morgan fingerprint density at radius 1 is 0.368 bits per heavy atom. The van der Waals surface area contributed by atoms with E-state index in [0.29, 0.717) is 12.8 Å². The van der Waals surface area contributed by atoms with Gasteiger partial charge < -0.3 is 65.1 Å². The highest BCUT2D eigenvalue weighted by atomic mass is 16.7. The summed E-state index contributed by atoms with van der Waals surface area (Å²) in [6.45, 7) is 2.94. The molecule has 14 heteroatoms. The molecular formula is C73H143NO13. The van der Waals surface area contributed by atoms with Crippen molar-refractivity contribution in [3.05, 3.63) is 0 Å². The van der Waals surface area contributed by atoms with Gasteiger partial charge in [-0.15, -0.1) is 0 Å². The molecule has 2 heterocycles. The zero-order chi connectivity index (χ0) is 63.1. The SMILES string of the molecule is CCCCCCCCCCCCCCCCCCCCCCCCCCCCCCCCCCC(O)C(COC1OC(CO)C(OC2OC(CO)C(O)C(O)C2O)C(O)C1O)NC(=O)CCCCCCCCCCCCCCCCCCCCCCC. The lowest BCUT2D eigenvalue weighted by Crippen LogP contribution is -2.65. The predicted octanol–water partition coefficient (Wildman–Crippen LogP) is 16.0. The summed E-state index contributed by atoms with van der Waals surface area (Å²) in [4.78, 5) is 13.4. The molecule has 518 valence electrons. The van der Waals surface area contributed by atoms with E-state index < -0.39 is 86.8 Å². The van der Waals surface area contributed by atoms with Crippen molar-refractivity contribution in [2.24, 2.45) is 0 Å². The zero-order valence-corrected chi connectivity index (χ0v) is 56.6. The fourth-order valence-electron chi connectivity index (χ4n) is 13.1. The van der Waals surface area contributed by atoms with Crippen LogP contribution in [0.4, 0.5) is 0 Å². The number of unbranched alkanes of at least 4 members (excludes halogenated alkanes) is 51. The minimum Gasteiger partial charge on any atom is -0.394 e. The Hall–Kier alpha value is -1.01. The van der Waals surface area contributed by atoms with E-state index in [1.54, 1.807) is 0 Å². The molecular weight excluding hydrogens is 1100 g/mol. The summed E-state index contributed by atoms with van der Waals surface area (Å²) in [5.41, 5.74) is 0. The lowest BCUT2D eigenvalue weighted by Gasteiger charge is -2.46. The number of aliphatic hydroxyl groups excluding tert-OH is 8. The van der Waals surface area contributed by atoms with Crippen LogP contribution in [0.25, 0.3) is 0 Å². The van der Waals surface area contributed by atoms with Gasteiger partial charge in [-0.2, -0.15) is 0 Å². The first-order chi connectivity index (χ1) is 42.6. The molecule has 2 fully saturated rings. The maximum absolute atomic E-state index is 13.4. The van der Waals surface area contributed by atoms with E-state index in [9.17, 15) is 45.6 Å². The normalized spacial score (nSPS) is 23.1. The predicted molar refractivity (Wildman–Crippen MR) is 356 cm³/mol. The molecule has 2 saturated heterocycles. The monoisotopic (exact) mass is 1240 g/mol. The maximum Gasteiger partial charge on any atom is 0.220 e. The molecule has 12 unspecified atom stereocenters. The first kappa shape index (κ1) is 82.1. The highest BCUT2D eigenvalue weighted by Crippen LogP contribution is 2.30. The number of nitrogens with one attached hydrogen (secondary N) is 1. The van der Waals surface area contributed by atoms with Gasteiger partial charge in [-0.3, -0.25) is 4.79 Å². The molecule has 1 amide bonds. The second-order valence-corrected chi connectivity index (χ2v) is 27.1. The third kappa shape index (κ3) is 42.8. The number of amides is 1. The average molecular weight is 1240 g/mol. The minimum atomic E-state index is -1.78. The smallest absolute Gasteiger partial charge is 0.220 e. The van der Waals surface area contributed by atoms with E-state index in [1.807, 2.05) is 0 Å². The summed E-state index contributed by atoms with van der Waals surface area (Å²) in [7, 11) is 0. The van der Waals surface area contributed by atoms with E-state index in [-0.39, 0.29) is 12.5 Å². The Kier molecular flexibility index (Phi) is 55.5. The van der Waals surface area contributed by atoms with Crippen molar-refractivity contribution in [3.63, 3.8) is 0 Å². The summed E-state index contributed by atoms with van der Waals surface area (Å²) in [6.07, 6.45) is 54.2. The van der Waals surface area contributed by atoms with Crippen LogP contribution in [0, 0.1) is 0 Å². The standard InChI is InChI=1S/C73H143NO13/c1-3-5-7-9-11-13-15-17-19-21-23-25-26-27-28-29-30-31-32-33-34-35-37-38-40-42-44-46-48-50-52-54-56-62(77)61(60-84-72-70(83)68(81)71(64(59-76)86-72)87-73-69(82)67(80)66(79)63(58-75)85-73)74-65(78)57-55-53-51-49-47-45-43-41-39-36-24-22-20-18-16-14-12-10-8-6-4-2/h61-64,66-73,75-77,79-83H,3-60H2,1-2H3,(H,74,78). The van der Waals surface area contributed by atoms with Crippen LogP contribution in [0.1, 0.15) is 367 Å². The lowest BCUT2D eigenvalue weighted by molar-refractivity contribution is -0.359. The molecule has 0 aliphatic carbocycles. The summed E-state index contributed by atoms with van der Waals surface area (Å²) < 4.78 is 23.0. The van der Waals surface area contributed by atoms with Crippen LogP contribution in [-0.2, 0) is 23.7 Å². The number of hydrogen-bond acceptors (Lipinski definition) is 13. The van der Waals surface area contributed by atoms with Crippen LogP contribution in [-0.4, -0.2) is 140 Å². The third-order valence-electron chi connectivity index (χ3n) is 19.1. The minimum absolute atomic E-state index is 0.196.